The molecule has 0 aromatic heterocycles. The molecule has 0 saturated heterocycles. The van der Waals surface area contributed by atoms with Gasteiger partial charge in [-0.15, -0.1) is 0 Å². The molecule has 110 valence electrons. The highest BCUT2D eigenvalue weighted by atomic mass is 35.5. The maximum Gasteiger partial charge on any atom is 0.304 e. The number of rotatable bonds is 7. The Morgan fingerprint density at radius 3 is 2.33 bits per heavy atom. The van der Waals surface area contributed by atoms with E-state index in [1.54, 1.807) is 0 Å². The average molecular weight is 304 g/mol. The first-order chi connectivity index (χ1) is 10.1. The van der Waals surface area contributed by atoms with E-state index in [0.29, 0.717) is 18.0 Å². The molecule has 2 aromatic carbocycles. The molecule has 2 rings (SSSR count). The number of nitrogens with one attached hydrogen (secondary N) is 1. The molecule has 2 N–H and O–H groups in total. The number of halogens is 1. The molecule has 0 radical (unpaired) electrons. The summed E-state index contributed by atoms with van der Waals surface area (Å²) in [6.07, 6.45) is 0.756. The number of carboxylic acids is 1. The molecule has 0 saturated carbocycles. The normalized spacial score (nSPS) is 12.0. The Morgan fingerprint density at radius 2 is 1.71 bits per heavy atom. The van der Waals surface area contributed by atoms with Crippen LogP contribution in [0.15, 0.2) is 54.6 Å². The van der Waals surface area contributed by atoms with Crippen molar-refractivity contribution in [2.75, 3.05) is 0 Å². The van der Waals surface area contributed by atoms with Gasteiger partial charge in [0, 0.05) is 17.6 Å². The van der Waals surface area contributed by atoms with Gasteiger partial charge in [-0.1, -0.05) is 54.1 Å². The van der Waals surface area contributed by atoms with Crippen LogP contribution in [0.2, 0.25) is 5.02 Å². The van der Waals surface area contributed by atoms with Crippen LogP contribution in [0.4, 0.5) is 0 Å². The Bertz CT molecular complexity index is 569. The van der Waals surface area contributed by atoms with Gasteiger partial charge < -0.3 is 10.4 Å². The van der Waals surface area contributed by atoms with Gasteiger partial charge in [0.2, 0.25) is 0 Å². The van der Waals surface area contributed by atoms with E-state index < -0.39 is 5.97 Å². The SMILES string of the molecule is O=C(O)C[C@@H](Cc1ccc(Cl)cc1)NCc1ccccc1. The molecular formula is C17H18ClNO2. The smallest absolute Gasteiger partial charge is 0.304 e. The minimum absolute atomic E-state index is 0.0927. The molecule has 21 heavy (non-hydrogen) atoms. The Kier molecular flexibility index (Phi) is 5.78. The number of benzene rings is 2. The zero-order valence-corrected chi connectivity index (χ0v) is 12.4. The summed E-state index contributed by atoms with van der Waals surface area (Å²) in [6, 6.07) is 17.4. The Morgan fingerprint density at radius 1 is 1.05 bits per heavy atom. The van der Waals surface area contributed by atoms with Gasteiger partial charge in [0.25, 0.3) is 0 Å². The van der Waals surface area contributed by atoms with Crippen LogP contribution >= 0.6 is 11.6 Å². The van der Waals surface area contributed by atoms with Crippen molar-refractivity contribution in [3.05, 3.63) is 70.7 Å². The Labute approximate surface area is 129 Å². The lowest BCUT2D eigenvalue weighted by molar-refractivity contribution is -0.137. The second-order valence-electron chi connectivity index (χ2n) is 4.99. The lowest BCUT2D eigenvalue weighted by Gasteiger charge is -2.17. The summed E-state index contributed by atoms with van der Waals surface area (Å²) in [4.78, 5) is 11.0. The summed E-state index contributed by atoms with van der Waals surface area (Å²) in [6.45, 7) is 0.659. The maximum atomic E-state index is 11.0. The van der Waals surface area contributed by atoms with Gasteiger partial charge in [-0.05, 0) is 29.7 Å². The highest BCUT2D eigenvalue weighted by Gasteiger charge is 2.13. The van der Waals surface area contributed by atoms with Crippen LogP contribution in [0.1, 0.15) is 17.5 Å². The van der Waals surface area contributed by atoms with Crippen molar-refractivity contribution in [3.8, 4) is 0 Å². The number of aliphatic carboxylic acids is 1. The van der Waals surface area contributed by atoms with Crippen LogP contribution in [0.3, 0.4) is 0 Å². The van der Waals surface area contributed by atoms with E-state index in [-0.39, 0.29) is 12.5 Å². The highest BCUT2D eigenvalue weighted by Crippen LogP contribution is 2.12. The lowest BCUT2D eigenvalue weighted by atomic mass is 10.0. The topological polar surface area (TPSA) is 49.3 Å². The van der Waals surface area contributed by atoms with Crippen LogP contribution in [0, 0.1) is 0 Å². The predicted molar refractivity (Wildman–Crippen MR) is 84.5 cm³/mol. The minimum atomic E-state index is -0.797. The molecule has 0 spiro atoms. The van der Waals surface area contributed by atoms with Crippen LogP contribution < -0.4 is 5.32 Å². The Balaban J connectivity index is 1.97. The van der Waals surface area contributed by atoms with Gasteiger partial charge in [-0.3, -0.25) is 4.79 Å². The van der Waals surface area contributed by atoms with Crippen molar-refractivity contribution >= 4 is 17.6 Å². The first-order valence-electron chi connectivity index (χ1n) is 6.87. The minimum Gasteiger partial charge on any atom is -0.481 e. The second kappa shape index (κ2) is 7.81. The fraction of sp³-hybridized carbons (Fsp3) is 0.235. The van der Waals surface area contributed by atoms with Crippen molar-refractivity contribution in [1.82, 2.24) is 5.32 Å². The number of hydrogen-bond acceptors (Lipinski definition) is 2. The molecular weight excluding hydrogens is 286 g/mol. The van der Waals surface area contributed by atoms with E-state index in [1.165, 1.54) is 0 Å². The number of carbonyl (C=O) groups is 1. The fourth-order valence-corrected chi connectivity index (χ4v) is 2.32. The molecule has 0 unspecified atom stereocenters. The zero-order valence-electron chi connectivity index (χ0n) is 11.6. The molecule has 3 nitrogen and oxygen atoms in total. The predicted octanol–water partition coefficient (Wildman–Crippen LogP) is 3.52. The van der Waals surface area contributed by atoms with Crippen molar-refractivity contribution in [3.63, 3.8) is 0 Å². The molecule has 0 amide bonds. The van der Waals surface area contributed by atoms with E-state index in [1.807, 2.05) is 54.6 Å². The molecule has 0 aliphatic heterocycles. The number of carboxylic acid groups (broad SMARTS) is 1. The molecule has 0 fully saturated rings. The van der Waals surface area contributed by atoms with E-state index >= 15 is 0 Å². The van der Waals surface area contributed by atoms with Crippen molar-refractivity contribution < 1.29 is 9.90 Å². The second-order valence-corrected chi connectivity index (χ2v) is 5.43. The third kappa shape index (κ3) is 5.58. The molecule has 4 heteroatoms. The molecule has 0 aliphatic rings. The monoisotopic (exact) mass is 303 g/mol. The van der Waals surface area contributed by atoms with Gasteiger partial charge in [0.05, 0.1) is 6.42 Å². The van der Waals surface area contributed by atoms with Crippen molar-refractivity contribution in [2.45, 2.75) is 25.4 Å². The van der Waals surface area contributed by atoms with Crippen LogP contribution in [-0.4, -0.2) is 17.1 Å². The van der Waals surface area contributed by atoms with E-state index in [4.69, 9.17) is 16.7 Å². The van der Waals surface area contributed by atoms with Gasteiger partial charge >= 0.3 is 5.97 Å². The molecule has 2 aromatic rings. The van der Waals surface area contributed by atoms with E-state index in [2.05, 4.69) is 5.32 Å². The maximum absolute atomic E-state index is 11.0. The van der Waals surface area contributed by atoms with E-state index in [0.717, 1.165) is 11.1 Å². The molecule has 1 atom stereocenters. The summed E-state index contributed by atoms with van der Waals surface area (Å²) in [7, 11) is 0. The van der Waals surface area contributed by atoms with Crippen molar-refractivity contribution in [1.29, 1.82) is 0 Å². The molecule has 0 bridgehead atoms. The summed E-state index contributed by atoms with van der Waals surface area (Å²) in [5.74, 6) is -0.797. The summed E-state index contributed by atoms with van der Waals surface area (Å²) < 4.78 is 0. The van der Waals surface area contributed by atoms with Crippen molar-refractivity contribution in [2.24, 2.45) is 0 Å². The fourth-order valence-electron chi connectivity index (χ4n) is 2.19. The zero-order chi connectivity index (χ0) is 15.1. The van der Waals surface area contributed by atoms with E-state index in [9.17, 15) is 4.79 Å². The summed E-state index contributed by atoms with van der Waals surface area (Å²) in [5, 5.41) is 13.0. The average Bonchev–Trinajstić information content (AvgIpc) is 2.48. The van der Waals surface area contributed by atoms with Gasteiger partial charge in [-0.2, -0.15) is 0 Å². The largest absolute Gasteiger partial charge is 0.481 e. The first kappa shape index (κ1) is 15.5. The van der Waals surface area contributed by atoms with Crippen LogP contribution in [-0.2, 0) is 17.8 Å². The summed E-state index contributed by atoms with van der Waals surface area (Å²) >= 11 is 5.86. The lowest BCUT2D eigenvalue weighted by Crippen LogP contribution is -2.33. The third-order valence-corrected chi connectivity index (χ3v) is 3.51. The molecule has 0 heterocycles. The summed E-state index contributed by atoms with van der Waals surface area (Å²) in [5.41, 5.74) is 2.22. The molecule has 0 aliphatic carbocycles. The number of hydrogen-bond donors (Lipinski definition) is 2. The van der Waals surface area contributed by atoms with Gasteiger partial charge in [0.1, 0.15) is 0 Å². The standard InChI is InChI=1S/C17H18ClNO2/c18-15-8-6-13(7-9-15)10-16(11-17(20)21)19-12-14-4-2-1-3-5-14/h1-9,16,19H,10-12H2,(H,20,21)/t16-/m1/s1. The van der Waals surface area contributed by atoms with Gasteiger partial charge in [0.15, 0.2) is 0 Å². The first-order valence-corrected chi connectivity index (χ1v) is 7.25. The van der Waals surface area contributed by atoms with Crippen LogP contribution in [0.25, 0.3) is 0 Å². The van der Waals surface area contributed by atoms with Crippen LogP contribution in [0.5, 0.6) is 0 Å². The third-order valence-electron chi connectivity index (χ3n) is 3.25. The quantitative estimate of drug-likeness (QED) is 0.823. The van der Waals surface area contributed by atoms with Gasteiger partial charge in [-0.25, -0.2) is 0 Å². The highest BCUT2D eigenvalue weighted by molar-refractivity contribution is 6.30. The Hall–Kier alpha value is -1.84.